The zero-order valence-electron chi connectivity index (χ0n) is 9.73. The molecule has 2 atom stereocenters. The highest BCUT2D eigenvalue weighted by atomic mass is 15.2. The molecule has 0 aliphatic carbocycles. The molecule has 2 heterocycles. The molecule has 0 saturated carbocycles. The monoisotopic (exact) mass is 218 g/mol. The van der Waals surface area contributed by atoms with Crippen molar-refractivity contribution in [3.8, 4) is 0 Å². The van der Waals surface area contributed by atoms with E-state index in [4.69, 9.17) is 0 Å². The maximum Gasteiger partial charge on any atom is 0.0923 e. The molecule has 16 heavy (non-hydrogen) atoms. The van der Waals surface area contributed by atoms with Crippen molar-refractivity contribution in [2.24, 2.45) is 5.92 Å². The number of nitrogens with one attached hydrogen (secondary N) is 1. The lowest BCUT2D eigenvalue weighted by molar-refractivity contribution is 0.137. The van der Waals surface area contributed by atoms with Gasteiger partial charge in [-0.25, -0.2) is 4.98 Å². The third-order valence-electron chi connectivity index (χ3n) is 3.24. The van der Waals surface area contributed by atoms with E-state index >= 15 is 0 Å². The molecule has 1 N–H and O–H groups in total. The largest absolute Gasteiger partial charge is 0.351 e. The Morgan fingerprint density at radius 3 is 3.19 bits per heavy atom. The average molecular weight is 218 g/mol. The molecule has 1 aliphatic rings. The number of piperidine rings is 1. The van der Waals surface area contributed by atoms with E-state index in [1.165, 1.54) is 12.8 Å². The highest BCUT2D eigenvalue weighted by Crippen LogP contribution is 2.27. The first-order valence-corrected chi connectivity index (χ1v) is 5.98. The van der Waals surface area contributed by atoms with Crippen LogP contribution in [0.1, 0.15) is 31.0 Å². The summed E-state index contributed by atoms with van der Waals surface area (Å²) in [5, 5.41) is 0. The molecule has 1 aromatic heterocycles. The third kappa shape index (κ3) is 2.53. The van der Waals surface area contributed by atoms with Gasteiger partial charge in [-0.2, -0.15) is 0 Å². The van der Waals surface area contributed by atoms with Crippen LogP contribution < -0.4 is 0 Å². The smallest absolute Gasteiger partial charge is 0.0923 e. The Bertz CT molecular complexity index is 318. The van der Waals surface area contributed by atoms with Gasteiger partial charge in [0.05, 0.1) is 18.1 Å². The highest BCUT2D eigenvalue weighted by Gasteiger charge is 2.25. The van der Waals surface area contributed by atoms with Gasteiger partial charge in [-0.1, -0.05) is 6.08 Å². The van der Waals surface area contributed by atoms with Crippen molar-refractivity contribution in [1.29, 1.82) is 0 Å². The van der Waals surface area contributed by atoms with Crippen molar-refractivity contribution in [3.05, 3.63) is 37.8 Å². The Hall–Kier alpha value is -1.09. The van der Waals surface area contributed by atoms with Crippen LogP contribution in [0.15, 0.2) is 25.2 Å². The first-order chi connectivity index (χ1) is 7.81. The molecular weight excluding hydrogens is 198 g/mol. The van der Waals surface area contributed by atoms with Crippen LogP contribution in [0.2, 0.25) is 0 Å². The number of hydrogen-bond donors (Lipinski definition) is 1. The Kier molecular flexibility index (Phi) is 3.78. The van der Waals surface area contributed by atoms with Gasteiger partial charge in [-0.15, -0.1) is 6.58 Å². The number of hydrogen-bond acceptors (Lipinski definition) is 2. The molecule has 2 unspecified atom stereocenters. The molecule has 1 fully saturated rings. The summed E-state index contributed by atoms with van der Waals surface area (Å²) in [4.78, 5) is 9.89. The van der Waals surface area contributed by atoms with Gasteiger partial charge in [-0.05, 0) is 38.6 Å². The molecular formula is C13H20N3. The maximum absolute atomic E-state index is 4.37. The van der Waals surface area contributed by atoms with Crippen molar-refractivity contribution < 1.29 is 0 Å². The van der Waals surface area contributed by atoms with E-state index < -0.39 is 0 Å². The van der Waals surface area contributed by atoms with Crippen LogP contribution in [0.4, 0.5) is 0 Å². The van der Waals surface area contributed by atoms with Crippen LogP contribution in [0.25, 0.3) is 0 Å². The number of H-pyrrole nitrogens is 1. The van der Waals surface area contributed by atoms with Gasteiger partial charge in [0.2, 0.25) is 0 Å². The molecule has 1 saturated heterocycles. The second-order valence-electron chi connectivity index (χ2n) is 4.54. The maximum atomic E-state index is 4.37. The Morgan fingerprint density at radius 1 is 1.69 bits per heavy atom. The number of rotatable bonds is 4. The normalized spacial score (nSPS) is 24.2. The molecule has 1 radical (unpaired) electrons. The minimum atomic E-state index is 0.369. The molecule has 0 spiro atoms. The number of likely N-dealkylation sites (tertiary alicyclic amines) is 1. The fourth-order valence-corrected chi connectivity index (χ4v) is 2.45. The van der Waals surface area contributed by atoms with E-state index in [9.17, 15) is 0 Å². The summed E-state index contributed by atoms with van der Waals surface area (Å²) in [7, 11) is 0. The molecule has 1 aromatic rings. The fraction of sp³-hybridized carbons (Fsp3) is 0.538. The minimum absolute atomic E-state index is 0.369. The van der Waals surface area contributed by atoms with Gasteiger partial charge in [0.25, 0.3) is 0 Å². The summed E-state index contributed by atoms with van der Waals surface area (Å²) in [5.74, 6) is 0.556. The van der Waals surface area contributed by atoms with E-state index in [2.05, 4.69) is 28.4 Å². The van der Waals surface area contributed by atoms with Crippen LogP contribution in [0, 0.1) is 12.8 Å². The number of nitrogens with zero attached hydrogens (tertiary/aromatic N) is 2. The lowest BCUT2D eigenvalue weighted by Crippen LogP contribution is -2.37. The van der Waals surface area contributed by atoms with E-state index in [0.717, 1.165) is 25.2 Å². The first kappa shape index (κ1) is 11.4. The summed E-state index contributed by atoms with van der Waals surface area (Å²) < 4.78 is 0. The minimum Gasteiger partial charge on any atom is -0.351 e. The second kappa shape index (κ2) is 5.30. The van der Waals surface area contributed by atoms with Crippen molar-refractivity contribution in [3.63, 3.8) is 0 Å². The van der Waals surface area contributed by atoms with E-state index in [1.807, 2.05) is 12.3 Å². The van der Waals surface area contributed by atoms with E-state index in [0.29, 0.717) is 12.0 Å². The summed E-state index contributed by atoms with van der Waals surface area (Å²) in [6, 6.07) is 0.369. The molecule has 2 rings (SSSR count). The van der Waals surface area contributed by atoms with E-state index in [-0.39, 0.29) is 0 Å². The molecule has 3 heteroatoms. The van der Waals surface area contributed by atoms with Gasteiger partial charge in [-0.3, -0.25) is 4.90 Å². The molecule has 0 amide bonds. The highest BCUT2D eigenvalue weighted by molar-refractivity contribution is 5.05. The lowest BCUT2D eigenvalue weighted by Gasteiger charge is -2.36. The molecule has 3 nitrogen and oxygen atoms in total. The van der Waals surface area contributed by atoms with Crippen LogP contribution >= 0.6 is 0 Å². The predicted octanol–water partition coefficient (Wildman–Crippen LogP) is 2.57. The van der Waals surface area contributed by atoms with Crippen LogP contribution in [-0.2, 0) is 0 Å². The van der Waals surface area contributed by atoms with Gasteiger partial charge in [0, 0.05) is 12.7 Å². The van der Waals surface area contributed by atoms with Crippen LogP contribution in [-0.4, -0.2) is 28.0 Å². The molecule has 87 valence electrons. The third-order valence-corrected chi connectivity index (χ3v) is 3.24. The number of imidazole rings is 1. The van der Waals surface area contributed by atoms with Crippen LogP contribution in [0.3, 0.4) is 0 Å². The zero-order valence-corrected chi connectivity index (χ0v) is 9.73. The summed E-state index contributed by atoms with van der Waals surface area (Å²) in [6.07, 6.45) is 9.16. The SMILES string of the molecule is [CH2]C1CCCN(C(CC=C)c2c[nH]cn2)C1. The summed E-state index contributed by atoms with van der Waals surface area (Å²) >= 11 is 0. The van der Waals surface area contributed by atoms with E-state index in [1.54, 1.807) is 6.33 Å². The van der Waals surface area contributed by atoms with Gasteiger partial charge in [0.15, 0.2) is 0 Å². The van der Waals surface area contributed by atoms with Gasteiger partial charge in [0.1, 0.15) is 0 Å². The van der Waals surface area contributed by atoms with Crippen molar-refractivity contribution in [1.82, 2.24) is 14.9 Å². The molecule has 0 aromatic carbocycles. The predicted molar refractivity (Wildman–Crippen MR) is 65.8 cm³/mol. The van der Waals surface area contributed by atoms with Crippen molar-refractivity contribution in [2.75, 3.05) is 13.1 Å². The average Bonchev–Trinajstić information content (AvgIpc) is 2.79. The Morgan fingerprint density at radius 2 is 2.56 bits per heavy atom. The standard InChI is InChI=1S/C13H20N3/c1-3-5-13(12-8-14-10-15-12)16-7-4-6-11(2)9-16/h3,8,10-11,13H,1-2,4-7,9H2,(H,14,15). The number of aromatic amines is 1. The Balaban J connectivity index is 2.09. The first-order valence-electron chi connectivity index (χ1n) is 5.98. The second-order valence-corrected chi connectivity index (χ2v) is 4.54. The lowest BCUT2D eigenvalue weighted by atomic mass is 9.97. The fourth-order valence-electron chi connectivity index (χ4n) is 2.45. The van der Waals surface area contributed by atoms with Crippen LogP contribution in [0.5, 0.6) is 0 Å². The summed E-state index contributed by atoms with van der Waals surface area (Å²) in [5.41, 5.74) is 1.12. The molecule has 1 aliphatic heterocycles. The van der Waals surface area contributed by atoms with Crippen molar-refractivity contribution >= 4 is 0 Å². The zero-order chi connectivity index (χ0) is 11.4. The Labute approximate surface area is 97.6 Å². The topological polar surface area (TPSA) is 31.9 Å². The summed E-state index contributed by atoms with van der Waals surface area (Å²) in [6.45, 7) is 10.2. The number of aromatic nitrogens is 2. The van der Waals surface area contributed by atoms with Gasteiger partial charge >= 0.3 is 0 Å². The van der Waals surface area contributed by atoms with Crippen molar-refractivity contribution in [2.45, 2.75) is 25.3 Å². The molecule has 0 bridgehead atoms. The quantitative estimate of drug-likeness (QED) is 0.788. The van der Waals surface area contributed by atoms with Gasteiger partial charge < -0.3 is 4.98 Å².